The van der Waals surface area contributed by atoms with E-state index in [1.165, 1.54) is 11.0 Å². The Kier molecular flexibility index (Phi) is 7.91. The fraction of sp³-hybridized carbons (Fsp3) is 0.500. The van der Waals surface area contributed by atoms with Crippen LogP contribution in [0.2, 0.25) is 0 Å². The van der Waals surface area contributed by atoms with E-state index in [0.29, 0.717) is 17.9 Å². The highest BCUT2D eigenvalue weighted by atomic mass is 35.5. The molecule has 0 unspecified atom stereocenters. The number of nitrogens with zero attached hydrogens (tertiary/aromatic N) is 2. The van der Waals surface area contributed by atoms with Gasteiger partial charge in [0.05, 0.1) is 17.5 Å². The zero-order valence-corrected chi connectivity index (χ0v) is 13.3. The van der Waals surface area contributed by atoms with Crippen molar-refractivity contribution >= 4 is 24.0 Å². The number of para-hydroxylation sites is 1. The van der Waals surface area contributed by atoms with Crippen LogP contribution in [0.4, 0.5) is 5.69 Å². The Morgan fingerprint density at radius 3 is 2.48 bits per heavy atom. The van der Waals surface area contributed by atoms with Gasteiger partial charge in [0.1, 0.15) is 0 Å². The van der Waals surface area contributed by atoms with Crippen molar-refractivity contribution in [2.45, 2.75) is 32.9 Å². The van der Waals surface area contributed by atoms with E-state index in [0.717, 1.165) is 0 Å². The highest BCUT2D eigenvalue weighted by Gasteiger charge is 2.21. The van der Waals surface area contributed by atoms with Crippen molar-refractivity contribution in [3.05, 3.63) is 39.9 Å². The molecule has 1 rings (SSSR count). The van der Waals surface area contributed by atoms with Crippen LogP contribution in [0.15, 0.2) is 24.3 Å². The normalized spacial score (nSPS) is 11.7. The van der Waals surface area contributed by atoms with Crippen LogP contribution in [-0.4, -0.2) is 28.8 Å². The van der Waals surface area contributed by atoms with Crippen molar-refractivity contribution in [1.29, 1.82) is 0 Å². The second kappa shape index (κ2) is 8.59. The Balaban J connectivity index is 0.00000400. The Hall–Kier alpha value is -1.66. The lowest BCUT2D eigenvalue weighted by molar-refractivity contribution is -0.385. The molecule has 1 amide bonds. The first-order chi connectivity index (χ1) is 9.32. The average molecular weight is 316 g/mol. The summed E-state index contributed by atoms with van der Waals surface area (Å²) in [5, 5.41) is 10.9. The summed E-state index contributed by atoms with van der Waals surface area (Å²) in [7, 11) is 1.61. The topological polar surface area (TPSA) is 89.5 Å². The molecule has 0 spiro atoms. The molecule has 0 radical (unpaired) electrons. The maximum atomic E-state index is 12.1. The van der Waals surface area contributed by atoms with Gasteiger partial charge in [-0.25, -0.2) is 0 Å². The van der Waals surface area contributed by atoms with Gasteiger partial charge in [0.2, 0.25) is 5.91 Å². The van der Waals surface area contributed by atoms with Crippen LogP contribution in [-0.2, 0) is 11.3 Å². The number of benzene rings is 1. The maximum Gasteiger partial charge on any atom is 0.274 e. The molecule has 1 aromatic carbocycles. The van der Waals surface area contributed by atoms with Crippen LogP contribution in [0.5, 0.6) is 0 Å². The number of carbonyl (C=O) groups is 1. The van der Waals surface area contributed by atoms with Crippen molar-refractivity contribution in [1.82, 2.24) is 4.90 Å². The molecule has 118 valence electrons. The summed E-state index contributed by atoms with van der Waals surface area (Å²) >= 11 is 0. The van der Waals surface area contributed by atoms with E-state index in [9.17, 15) is 14.9 Å². The molecule has 6 nitrogen and oxygen atoms in total. The van der Waals surface area contributed by atoms with Crippen molar-refractivity contribution in [2.75, 3.05) is 7.05 Å². The predicted molar refractivity (Wildman–Crippen MR) is 84.2 cm³/mol. The van der Waals surface area contributed by atoms with Gasteiger partial charge >= 0.3 is 0 Å². The van der Waals surface area contributed by atoms with E-state index in [-0.39, 0.29) is 30.5 Å². The molecular formula is C14H22ClN3O3. The first kappa shape index (κ1) is 19.3. The molecule has 1 aromatic rings. The van der Waals surface area contributed by atoms with Gasteiger partial charge in [-0.3, -0.25) is 14.9 Å². The lowest BCUT2D eigenvalue weighted by Gasteiger charge is -2.22. The molecule has 0 aromatic heterocycles. The van der Waals surface area contributed by atoms with E-state index in [4.69, 9.17) is 5.73 Å². The second-order valence-corrected chi connectivity index (χ2v) is 5.32. The molecule has 1 atom stereocenters. The van der Waals surface area contributed by atoms with Gasteiger partial charge < -0.3 is 10.6 Å². The van der Waals surface area contributed by atoms with Crippen molar-refractivity contribution < 1.29 is 9.72 Å². The predicted octanol–water partition coefficient (Wildman–Crippen LogP) is 2.35. The van der Waals surface area contributed by atoms with Crippen LogP contribution in [0.25, 0.3) is 0 Å². The van der Waals surface area contributed by atoms with Gasteiger partial charge in [-0.1, -0.05) is 32.0 Å². The zero-order chi connectivity index (χ0) is 15.3. The third-order valence-corrected chi connectivity index (χ3v) is 3.01. The van der Waals surface area contributed by atoms with Crippen LogP contribution in [0, 0.1) is 16.0 Å². The summed E-state index contributed by atoms with van der Waals surface area (Å²) in [6, 6.07) is 5.84. The fourth-order valence-electron chi connectivity index (χ4n) is 2.05. The zero-order valence-electron chi connectivity index (χ0n) is 12.5. The summed E-state index contributed by atoms with van der Waals surface area (Å²) in [6.45, 7) is 4.17. The Morgan fingerprint density at radius 1 is 1.38 bits per heavy atom. The van der Waals surface area contributed by atoms with Crippen LogP contribution in [0.1, 0.15) is 25.8 Å². The van der Waals surface area contributed by atoms with Gasteiger partial charge in [-0.2, -0.15) is 0 Å². The largest absolute Gasteiger partial charge is 0.340 e. The number of halogens is 1. The number of nitro groups is 1. The third kappa shape index (κ3) is 5.69. The molecule has 0 aliphatic rings. The molecular weight excluding hydrogens is 294 g/mol. The fourth-order valence-corrected chi connectivity index (χ4v) is 2.05. The minimum atomic E-state index is -0.567. The summed E-state index contributed by atoms with van der Waals surface area (Å²) in [4.78, 5) is 24.0. The van der Waals surface area contributed by atoms with Gasteiger partial charge in [-0.05, 0) is 12.3 Å². The molecule has 0 aliphatic carbocycles. The molecule has 7 heteroatoms. The third-order valence-electron chi connectivity index (χ3n) is 3.01. The smallest absolute Gasteiger partial charge is 0.274 e. The van der Waals surface area contributed by atoms with Gasteiger partial charge in [0.15, 0.2) is 0 Å². The highest BCUT2D eigenvalue weighted by molar-refractivity contribution is 5.85. The van der Waals surface area contributed by atoms with E-state index in [2.05, 4.69) is 0 Å². The minimum Gasteiger partial charge on any atom is -0.340 e. The number of likely N-dealkylation sites (N-methyl/N-ethyl adjacent to an activating group) is 1. The Morgan fingerprint density at radius 2 is 1.95 bits per heavy atom. The number of nitro benzene ring substituents is 1. The standard InChI is InChI=1S/C14H21N3O3.ClH/c1-10(2)8-12(15)14(18)16(3)9-11-6-4-5-7-13(11)17(19)20;/h4-7,10,12H,8-9,15H2,1-3H3;1H/t12-;/m0./s1. The van der Waals surface area contributed by atoms with E-state index in [1.54, 1.807) is 25.2 Å². The van der Waals surface area contributed by atoms with Crippen molar-refractivity contribution in [3.63, 3.8) is 0 Å². The van der Waals surface area contributed by atoms with E-state index in [1.807, 2.05) is 13.8 Å². The number of amides is 1. The second-order valence-electron chi connectivity index (χ2n) is 5.32. The number of carbonyl (C=O) groups excluding carboxylic acids is 1. The van der Waals surface area contributed by atoms with E-state index < -0.39 is 11.0 Å². The van der Waals surface area contributed by atoms with Gasteiger partial charge in [0, 0.05) is 18.7 Å². The molecule has 0 heterocycles. The molecule has 0 aliphatic heterocycles. The summed E-state index contributed by atoms with van der Waals surface area (Å²) in [5.41, 5.74) is 6.37. The summed E-state index contributed by atoms with van der Waals surface area (Å²) in [5.74, 6) is 0.130. The lowest BCUT2D eigenvalue weighted by atomic mass is 10.0. The summed E-state index contributed by atoms with van der Waals surface area (Å²) < 4.78 is 0. The van der Waals surface area contributed by atoms with Crippen LogP contribution < -0.4 is 5.73 Å². The first-order valence-electron chi connectivity index (χ1n) is 6.55. The maximum absolute atomic E-state index is 12.1. The number of hydrogen-bond donors (Lipinski definition) is 1. The Labute approximate surface area is 130 Å². The number of nitrogens with two attached hydrogens (primary N) is 1. The quantitative estimate of drug-likeness (QED) is 0.644. The molecule has 0 saturated heterocycles. The Bertz CT molecular complexity index is 494. The first-order valence-corrected chi connectivity index (χ1v) is 6.55. The number of rotatable bonds is 6. The average Bonchev–Trinajstić information content (AvgIpc) is 2.37. The minimum absolute atomic E-state index is 0. The number of hydrogen-bond acceptors (Lipinski definition) is 4. The molecule has 0 bridgehead atoms. The molecule has 0 fully saturated rings. The molecule has 21 heavy (non-hydrogen) atoms. The summed E-state index contributed by atoms with van der Waals surface area (Å²) in [6.07, 6.45) is 0.597. The van der Waals surface area contributed by atoms with Crippen LogP contribution in [0.3, 0.4) is 0 Å². The molecule has 2 N–H and O–H groups in total. The van der Waals surface area contributed by atoms with Gasteiger partial charge in [-0.15, -0.1) is 12.4 Å². The SMILES string of the molecule is CC(C)C[C@H](N)C(=O)N(C)Cc1ccccc1[N+](=O)[O-].Cl. The van der Waals surface area contributed by atoms with Crippen molar-refractivity contribution in [2.24, 2.45) is 11.7 Å². The van der Waals surface area contributed by atoms with Gasteiger partial charge in [0.25, 0.3) is 5.69 Å². The monoisotopic (exact) mass is 315 g/mol. The van der Waals surface area contributed by atoms with Crippen LogP contribution >= 0.6 is 12.4 Å². The van der Waals surface area contributed by atoms with Crippen molar-refractivity contribution in [3.8, 4) is 0 Å². The molecule has 0 saturated carbocycles. The van der Waals surface area contributed by atoms with E-state index >= 15 is 0 Å². The highest BCUT2D eigenvalue weighted by Crippen LogP contribution is 2.19. The lowest BCUT2D eigenvalue weighted by Crippen LogP contribution is -2.42.